The average molecular weight is 259 g/mol. The van der Waals surface area contributed by atoms with Gasteiger partial charge < -0.3 is 14.8 Å². The minimum Gasteiger partial charge on any atom is -0.454 e. The van der Waals surface area contributed by atoms with Crippen molar-refractivity contribution in [2.45, 2.75) is 38.1 Å². The highest BCUT2D eigenvalue weighted by molar-refractivity contribution is 5.44. The maximum Gasteiger partial charge on any atom is 0.231 e. The lowest BCUT2D eigenvalue weighted by atomic mass is 9.95. The molecule has 2 fully saturated rings. The van der Waals surface area contributed by atoms with Crippen molar-refractivity contribution in [2.24, 2.45) is 11.8 Å². The van der Waals surface area contributed by atoms with Gasteiger partial charge in [0.25, 0.3) is 0 Å². The molecule has 19 heavy (non-hydrogen) atoms. The second-order valence-electron chi connectivity index (χ2n) is 6.17. The number of fused-ring (bicyclic) bond motifs is 3. The highest BCUT2D eigenvalue weighted by atomic mass is 16.7. The van der Waals surface area contributed by atoms with Crippen molar-refractivity contribution in [3.63, 3.8) is 0 Å². The van der Waals surface area contributed by atoms with Gasteiger partial charge in [0.15, 0.2) is 11.5 Å². The molecule has 0 amide bonds. The quantitative estimate of drug-likeness (QED) is 0.902. The van der Waals surface area contributed by atoms with Crippen LogP contribution in [0.3, 0.4) is 0 Å². The summed E-state index contributed by atoms with van der Waals surface area (Å²) in [5.74, 6) is 3.76. The Morgan fingerprint density at radius 2 is 2.05 bits per heavy atom. The van der Waals surface area contributed by atoms with E-state index in [1.165, 1.54) is 31.2 Å². The Hall–Kier alpha value is -1.22. The van der Waals surface area contributed by atoms with Crippen molar-refractivity contribution in [2.75, 3.05) is 13.3 Å². The third-order valence-corrected chi connectivity index (χ3v) is 5.00. The molecule has 3 aliphatic rings. The summed E-state index contributed by atoms with van der Waals surface area (Å²) in [4.78, 5) is 0. The molecule has 0 radical (unpaired) electrons. The molecule has 0 aromatic heterocycles. The number of ether oxygens (including phenoxy) is 2. The largest absolute Gasteiger partial charge is 0.454 e. The van der Waals surface area contributed by atoms with Crippen molar-refractivity contribution in [3.8, 4) is 11.5 Å². The van der Waals surface area contributed by atoms with E-state index in [1.807, 2.05) is 6.07 Å². The fraction of sp³-hybridized carbons (Fsp3) is 0.625. The highest BCUT2D eigenvalue weighted by Gasteiger charge is 2.38. The van der Waals surface area contributed by atoms with Crippen LogP contribution in [0.4, 0.5) is 0 Å². The lowest BCUT2D eigenvalue weighted by molar-refractivity contribution is 0.174. The number of hydrogen-bond acceptors (Lipinski definition) is 3. The lowest BCUT2D eigenvalue weighted by Crippen LogP contribution is -2.35. The third kappa shape index (κ3) is 2.20. The van der Waals surface area contributed by atoms with Crippen LogP contribution in [0.5, 0.6) is 11.5 Å². The summed E-state index contributed by atoms with van der Waals surface area (Å²) >= 11 is 0. The second kappa shape index (κ2) is 4.71. The molecular formula is C16H21NO2. The second-order valence-corrected chi connectivity index (χ2v) is 6.17. The molecule has 2 aliphatic carbocycles. The maximum atomic E-state index is 5.42. The van der Waals surface area contributed by atoms with Crippen LogP contribution in [0.15, 0.2) is 18.2 Å². The minimum atomic E-state index is 0.363. The van der Waals surface area contributed by atoms with Crippen molar-refractivity contribution in [1.29, 1.82) is 0 Å². The van der Waals surface area contributed by atoms with Gasteiger partial charge in [-0.3, -0.25) is 0 Å². The number of benzene rings is 1. The molecule has 3 unspecified atom stereocenters. The fourth-order valence-corrected chi connectivity index (χ4v) is 3.99. The molecule has 4 rings (SSSR count). The Bertz CT molecular complexity index is 474. The van der Waals surface area contributed by atoms with Gasteiger partial charge in [0.05, 0.1) is 0 Å². The summed E-state index contributed by atoms with van der Waals surface area (Å²) in [7, 11) is 0. The Morgan fingerprint density at radius 3 is 2.89 bits per heavy atom. The summed E-state index contributed by atoms with van der Waals surface area (Å²) in [5, 5.41) is 3.76. The maximum absolute atomic E-state index is 5.42. The van der Waals surface area contributed by atoms with Crippen molar-refractivity contribution < 1.29 is 9.47 Å². The van der Waals surface area contributed by atoms with E-state index in [-0.39, 0.29) is 0 Å². The van der Waals surface area contributed by atoms with Crippen LogP contribution >= 0.6 is 0 Å². The molecule has 2 bridgehead atoms. The molecule has 1 aliphatic heterocycles. The first kappa shape index (κ1) is 11.6. The van der Waals surface area contributed by atoms with Crippen LogP contribution in [0, 0.1) is 11.8 Å². The number of rotatable bonds is 4. The van der Waals surface area contributed by atoms with Gasteiger partial charge in [0.2, 0.25) is 6.79 Å². The van der Waals surface area contributed by atoms with E-state index in [9.17, 15) is 0 Å². The van der Waals surface area contributed by atoms with Gasteiger partial charge in [-0.15, -0.1) is 0 Å². The minimum absolute atomic E-state index is 0.363. The zero-order valence-corrected chi connectivity index (χ0v) is 11.2. The van der Waals surface area contributed by atoms with Gasteiger partial charge in [0, 0.05) is 6.04 Å². The van der Waals surface area contributed by atoms with Gasteiger partial charge in [-0.05, 0) is 61.8 Å². The van der Waals surface area contributed by atoms with Crippen molar-refractivity contribution in [3.05, 3.63) is 23.8 Å². The van der Waals surface area contributed by atoms with E-state index in [2.05, 4.69) is 17.4 Å². The predicted molar refractivity (Wildman–Crippen MR) is 73.5 cm³/mol. The molecule has 3 atom stereocenters. The van der Waals surface area contributed by atoms with E-state index in [1.54, 1.807) is 0 Å². The van der Waals surface area contributed by atoms with Gasteiger partial charge in [-0.25, -0.2) is 0 Å². The van der Waals surface area contributed by atoms with Crippen molar-refractivity contribution >= 4 is 0 Å². The molecule has 1 aromatic rings. The van der Waals surface area contributed by atoms with Crippen molar-refractivity contribution in [1.82, 2.24) is 5.32 Å². The van der Waals surface area contributed by atoms with Crippen LogP contribution in [0.25, 0.3) is 0 Å². The molecule has 1 aromatic carbocycles. The molecule has 102 valence electrons. The predicted octanol–water partition coefficient (Wildman–Crippen LogP) is 2.74. The summed E-state index contributed by atoms with van der Waals surface area (Å²) in [6.45, 7) is 1.44. The Balaban J connectivity index is 1.30. The zero-order valence-electron chi connectivity index (χ0n) is 11.2. The Kier molecular flexibility index (Phi) is 2.87. The summed E-state index contributed by atoms with van der Waals surface area (Å²) in [6, 6.07) is 7.07. The van der Waals surface area contributed by atoms with Crippen LogP contribution in [-0.4, -0.2) is 19.4 Å². The van der Waals surface area contributed by atoms with E-state index >= 15 is 0 Å². The molecule has 3 heteroatoms. The topological polar surface area (TPSA) is 30.5 Å². The Morgan fingerprint density at radius 1 is 1.11 bits per heavy atom. The molecule has 0 spiro atoms. The van der Waals surface area contributed by atoms with Crippen LogP contribution in [0.2, 0.25) is 0 Å². The van der Waals surface area contributed by atoms with Gasteiger partial charge >= 0.3 is 0 Å². The van der Waals surface area contributed by atoms with Gasteiger partial charge in [0.1, 0.15) is 0 Å². The van der Waals surface area contributed by atoms with E-state index in [0.29, 0.717) is 6.79 Å². The van der Waals surface area contributed by atoms with E-state index in [4.69, 9.17) is 9.47 Å². The molecule has 1 heterocycles. The normalized spacial score (nSPS) is 31.1. The third-order valence-electron chi connectivity index (χ3n) is 5.00. The average Bonchev–Trinajstić information content (AvgIpc) is 3.14. The molecular weight excluding hydrogens is 238 g/mol. The molecule has 2 saturated carbocycles. The number of hydrogen-bond donors (Lipinski definition) is 1. The molecule has 3 nitrogen and oxygen atoms in total. The van der Waals surface area contributed by atoms with Crippen LogP contribution in [0.1, 0.15) is 31.2 Å². The lowest BCUT2D eigenvalue weighted by Gasteiger charge is -2.22. The van der Waals surface area contributed by atoms with Crippen LogP contribution < -0.4 is 14.8 Å². The molecule has 0 saturated heterocycles. The molecule has 1 N–H and O–H groups in total. The standard InChI is InChI=1S/C16H21NO2/c1-3-13-7-12(1)8-14(13)17-6-5-11-2-4-15-16(9-11)19-10-18-15/h2,4,9,12-14,17H,1,3,5-8,10H2. The summed E-state index contributed by atoms with van der Waals surface area (Å²) in [5.41, 5.74) is 1.33. The highest BCUT2D eigenvalue weighted by Crippen LogP contribution is 2.44. The monoisotopic (exact) mass is 259 g/mol. The first-order chi connectivity index (χ1) is 9.38. The Labute approximate surface area is 114 Å². The van der Waals surface area contributed by atoms with E-state index in [0.717, 1.165) is 42.3 Å². The first-order valence-corrected chi connectivity index (χ1v) is 7.50. The summed E-state index contributed by atoms with van der Waals surface area (Å²) < 4.78 is 10.8. The summed E-state index contributed by atoms with van der Waals surface area (Å²) in [6.07, 6.45) is 6.88. The van der Waals surface area contributed by atoms with Crippen LogP contribution in [-0.2, 0) is 6.42 Å². The van der Waals surface area contributed by atoms with E-state index < -0.39 is 0 Å². The fourth-order valence-electron chi connectivity index (χ4n) is 3.99. The number of nitrogens with one attached hydrogen (secondary N) is 1. The smallest absolute Gasteiger partial charge is 0.231 e. The van der Waals surface area contributed by atoms with Gasteiger partial charge in [-0.2, -0.15) is 0 Å². The van der Waals surface area contributed by atoms with Gasteiger partial charge in [-0.1, -0.05) is 12.5 Å². The first-order valence-electron chi connectivity index (χ1n) is 7.50. The SMILES string of the molecule is c1cc2c(cc1CCNC1CC3CCC1C3)OCO2. The zero-order chi connectivity index (χ0) is 12.7.